The fourth-order valence-electron chi connectivity index (χ4n) is 2.28. The van der Waals surface area contributed by atoms with Crippen molar-refractivity contribution in [3.05, 3.63) is 30.0 Å². The van der Waals surface area contributed by atoms with Crippen molar-refractivity contribution in [1.82, 2.24) is 25.5 Å². The number of anilines is 1. The summed E-state index contributed by atoms with van der Waals surface area (Å²) in [4.78, 5) is 24.2. The van der Waals surface area contributed by atoms with Gasteiger partial charge in [0.1, 0.15) is 5.75 Å². The van der Waals surface area contributed by atoms with Crippen LogP contribution in [0.5, 0.6) is 5.75 Å². The van der Waals surface area contributed by atoms with Gasteiger partial charge in [0, 0.05) is 24.4 Å². The van der Waals surface area contributed by atoms with Crippen molar-refractivity contribution in [2.45, 2.75) is 6.92 Å². The summed E-state index contributed by atoms with van der Waals surface area (Å²) < 4.78 is 5.29. The molecule has 1 aliphatic heterocycles. The van der Waals surface area contributed by atoms with E-state index in [1.54, 1.807) is 25.3 Å². The summed E-state index contributed by atoms with van der Waals surface area (Å²) in [5.74, 6) is 0.378. The lowest BCUT2D eigenvalue weighted by atomic mass is 10.1. The Balaban J connectivity index is 1.85. The number of benzene rings is 1. The summed E-state index contributed by atoms with van der Waals surface area (Å²) in [5, 5.41) is 16.9. The number of aromatic nitrogens is 4. The standard InChI is InChI=1S/C14H14N6O3/c1-8(21)20-7-10(6-13(20)22)15-9-3-4-12(23-2)11(5-9)14-16-18-19-17-14/h3-6,15H,7H2,1-2H3,(H,16,17,18,19). The molecule has 1 aromatic heterocycles. The molecule has 0 fully saturated rings. The Morgan fingerprint density at radius 3 is 2.87 bits per heavy atom. The molecule has 3 rings (SSSR count). The predicted octanol–water partition coefficient (Wildman–Crippen LogP) is 0.560. The highest BCUT2D eigenvalue weighted by atomic mass is 16.5. The Kier molecular flexibility index (Phi) is 3.75. The van der Waals surface area contributed by atoms with E-state index in [9.17, 15) is 9.59 Å². The van der Waals surface area contributed by atoms with Gasteiger partial charge in [-0.2, -0.15) is 5.21 Å². The number of carbonyl (C=O) groups is 2. The van der Waals surface area contributed by atoms with Crippen LogP contribution in [0.4, 0.5) is 5.69 Å². The number of aromatic amines is 1. The van der Waals surface area contributed by atoms with Gasteiger partial charge < -0.3 is 10.1 Å². The molecule has 0 saturated carbocycles. The maximum Gasteiger partial charge on any atom is 0.255 e. The van der Waals surface area contributed by atoms with Crippen LogP contribution in [-0.4, -0.2) is 51.0 Å². The SMILES string of the molecule is COc1ccc(NC2=CC(=O)N(C(C)=O)C2)cc1-c1nn[nH]n1. The molecule has 9 heteroatoms. The summed E-state index contributed by atoms with van der Waals surface area (Å²) in [6, 6.07) is 5.34. The van der Waals surface area contributed by atoms with Crippen LogP contribution >= 0.6 is 0 Å². The molecule has 2 amide bonds. The Morgan fingerprint density at radius 2 is 2.26 bits per heavy atom. The molecule has 0 radical (unpaired) electrons. The maximum atomic E-state index is 11.7. The zero-order valence-corrected chi connectivity index (χ0v) is 12.5. The molecule has 0 bridgehead atoms. The zero-order valence-electron chi connectivity index (χ0n) is 12.5. The molecule has 2 N–H and O–H groups in total. The maximum absolute atomic E-state index is 11.7. The van der Waals surface area contributed by atoms with Crippen molar-refractivity contribution >= 4 is 17.5 Å². The summed E-state index contributed by atoms with van der Waals surface area (Å²) in [6.45, 7) is 1.58. The highest BCUT2D eigenvalue weighted by Gasteiger charge is 2.24. The van der Waals surface area contributed by atoms with Crippen molar-refractivity contribution in [2.24, 2.45) is 0 Å². The fraction of sp³-hybridized carbons (Fsp3) is 0.214. The second-order valence-corrected chi connectivity index (χ2v) is 4.89. The topological polar surface area (TPSA) is 113 Å². The number of carbonyl (C=O) groups excluding carboxylic acids is 2. The molecule has 0 saturated heterocycles. The molecule has 0 unspecified atom stereocenters. The van der Waals surface area contributed by atoms with Crippen LogP contribution in [0.1, 0.15) is 6.92 Å². The monoisotopic (exact) mass is 314 g/mol. The minimum Gasteiger partial charge on any atom is -0.496 e. The van der Waals surface area contributed by atoms with E-state index in [1.165, 1.54) is 13.0 Å². The van der Waals surface area contributed by atoms with Gasteiger partial charge in [-0.15, -0.1) is 10.2 Å². The number of imide groups is 1. The van der Waals surface area contributed by atoms with E-state index in [4.69, 9.17) is 4.74 Å². The molecular weight excluding hydrogens is 300 g/mol. The predicted molar refractivity (Wildman–Crippen MR) is 80.3 cm³/mol. The van der Waals surface area contributed by atoms with Crippen LogP contribution in [0.2, 0.25) is 0 Å². The second kappa shape index (κ2) is 5.87. The van der Waals surface area contributed by atoms with Crippen molar-refractivity contribution in [1.29, 1.82) is 0 Å². The summed E-state index contributed by atoms with van der Waals surface area (Å²) in [5.41, 5.74) is 2.00. The molecular formula is C14H14N6O3. The third kappa shape index (κ3) is 2.89. The van der Waals surface area contributed by atoms with Crippen molar-refractivity contribution < 1.29 is 14.3 Å². The zero-order chi connectivity index (χ0) is 16.4. The number of methoxy groups -OCH3 is 1. The number of amides is 2. The van der Waals surface area contributed by atoms with E-state index in [0.717, 1.165) is 10.6 Å². The first-order chi connectivity index (χ1) is 11.1. The Bertz CT molecular complexity index is 784. The van der Waals surface area contributed by atoms with Crippen molar-refractivity contribution in [3.63, 3.8) is 0 Å². The fourth-order valence-corrected chi connectivity index (χ4v) is 2.28. The van der Waals surface area contributed by atoms with Gasteiger partial charge in [-0.1, -0.05) is 0 Å². The smallest absolute Gasteiger partial charge is 0.255 e. The summed E-state index contributed by atoms with van der Waals surface area (Å²) in [6.07, 6.45) is 1.40. The van der Waals surface area contributed by atoms with Crippen LogP contribution in [0, 0.1) is 0 Å². The number of H-pyrrole nitrogens is 1. The lowest BCUT2D eigenvalue weighted by Gasteiger charge is -2.13. The van der Waals surface area contributed by atoms with Crippen LogP contribution in [-0.2, 0) is 9.59 Å². The molecule has 1 aliphatic rings. The number of hydrogen-bond donors (Lipinski definition) is 2. The average Bonchev–Trinajstić information content (AvgIpc) is 3.17. The second-order valence-electron chi connectivity index (χ2n) is 4.89. The minimum atomic E-state index is -0.327. The van der Waals surface area contributed by atoms with Gasteiger partial charge in [-0.3, -0.25) is 14.5 Å². The first-order valence-electron chi connectivity index (χ1n) is 6.80. The normalized spacial score (nSPS) is 13.9. The van der Waals surface area contributed by atoms with E-state index < -0.39 is 0 Å². The van der Waals surface area contributed by atoms with E-state index in [-0.39, 0.29) is 18.4 Å². The van der Waals surface area contributed by atoms with Crippen molar-refractivity contribution in [3.8, 4) is 17.1 Å². The largest absolute Gasteiger partial charge is 0.496 e. The number of nitrogens with zero attached hydrogens (tertiary/aromatic N) is 4. The summed E-state index contributed by atoms with van der Waals surface area (Å²) in [7, 11) is 1.55. The molecule has 2 heterocycles. The third-order valence-corrected chi connectivity index (χ3v) is 3.36. The van der Waals surface area contributed by atoms with Crippen molar-refractivity contribution in [2.75, 3.05) is 19.0 Å². The van der Waals surface area contributed by atoms with Gasteiger partial charge in [0.05, 0.1) is 19.2 Å². The van der Waals surface area contributed by atoms with Crippen LogP contribution in [0.3, 0.4) is 0 Å². The third-order valence-electron chi connectivity index (χ3n) is 3.36. The van der Waals surface area contributed by atoms with E-state index in [1.807, 2.05) is 0 Å². The minimum absolute atomic E-state index is 0.220. The molecule has 0 aliphatic carbocycles. The number of hydrogen-bond acceptors (Lipinski definition) is 7. The molecule has 118 valence electrons. The molecule has 2 aromatic rings. The van der Waals surface area contributed by atoms with E-state index >= 15 is 0 Å². The highest BCUT2D eigenvalue weighted by molar-refractivity contribution is 6.03. The number of rotatable bonds is 4. The Hall–Kier alpha value is -3.23. The molecule has 1 aromatic carbocycles. The lowest BCUT2D eigenvalue weighted by molar-refractivity contribution is -0.138. The summed E-state index contributed by atoms with van der Waals surface area (Å²) >= 11 is 0. The van der Waals surface area contributed by atoms with E-state index in [2.05, 4.69) is 25.9 Å². The quantitative estimate of drug-likeness (QED) is 0.847. The lowest BCUT2D eigenvalue weighted by Crippen LogP contribution is -2.31. The molecule has 0 spiro atoms. The van der Waals surface area contributed by atoms with Gasteiger partial charge in [0.25, 0.3) is 5.91 Å². The first-order valence-corrected chi connectivity index (χ1v) is 6.80. The Labute approximate surface area is 131 Å². The number of tetrazole rings is 1. The van der Waals surface area contributed by atoms with Gasteiger partial charge in [-0.05, 0) is 23.4 Å². The van der Waals surface area contributed by atoms with Crippen LogP contribution in [0.25, 0.3) is 11.4 Å². The van der Waals surface area contributed by atoms with Gasteiger partial charge >= 0.3 is 0 Å². The first kappa shape index (κ1) is 14.7. The Morgan fingerprint density at radius 1 is 1.43 bits per heavy atom. The number of ether oxygens (including phenoxy) is 1. The molecule has 0 atom stereocenters. The van der Waals surface area contributed by atoms with E-state index in [0.29, 0.717) is 22.8 Å². The molecule has 23 heavy (non-hydrogen) atoms. The van der Waals surface area contributed by atoms with Crippen LogP contribution in [0.15, 0.2) is 30.0 Å². The van der Waals surface area contributed by atoms with Gasteiger partial charge in [0.2, 0.25) is 11.7 Å². The average molecular weight is 314 g/mol. The van der Waals surface area contributed by atoms with Crippen LogP contribution < -0.4 is 10.1 Å². The molecule has 9 nitrogen and oxygen atoms in total. The highest BCUT2D eigenvalue weighted by Crippen LogP contribution is 2.30. The number of nitrogens with one attached hydrogen (secondary N) is 2. The van der Waals surface area contributed by atoms with Gasteiger partial charge in [-0.25, -0.2) is 0 Å². The van der Waals surface area contributed by atoms with Gasteiger partial charge in [0.15, 0.2) is 0 Å².